The molecule has 11 heavy (non-hydrogen) atoms. The molecule has 0 aromatic rings. The van der Waals surface area contributed by atoms with Crippen molar-refractivity contribution in [2.24, 2.45) is 0 Å². The fraction of sp³-hybridized carbons (Fsp3) is 0.750. The average molecular weight is 174 g/mol. The molecule has 0 bridgehead atoms. The summed E-state index contributed by atoms with van der Waals surface area (Å²) in [7, 11) is 0.247. The minimum atomic E-state index is -1.44. The first-order valence-corrected chi connectivity index (χ1v) is 6.98. The summed E-state index contributed by atoms with van der Waals surface area (Å²) in [6, 6.07) is 1.01. The van der Waals surface area contributed by atoms with Crippen LogP contribution in [0.5, 0.6) is 0 Å². The highest BCUT2D eigenvalue weighted by atomic mass is 28.4. The number of ether oxygens (including phenoxy) is 1. The first-order valence-electron chi connectivity index (χ1n) is 3.86. The Hall–Kier alpha value is -0.123. The Morgan fingerprint density at radius 1 is 1.36 bits per heavy atom. The molecule has 0 heterocycles. The van der Waals surface area contributed by atoms with Gasteiger partial charge in [0.1, 0.15) is 0 Å². The molecule has 0 aliphatic carbocycles. The van der Waals surface area contributed by atoms with Crippen LogP contribution in [0.25, 0.3) is 0 Å². The van der Waals surface area contributed by atoms with Crippen LogP contribution in [0.4, 0.5) is 0 Å². The number of rotatable bonds is 6. The van der Waals surface area contributed by atoms with Crippen LogP contribution in [0.1, 0.15) is 0 Å². The largest absolute Gasteiger partial charge is 0.415 e. The molecular weight excluding hydrogens is 156 g/mol. The minimum Gasteiger partial charge on any atom is -0.415 e. The first-order chi connectivity index (χ1) is 5.12. The first kappa shape index (κ1) is 10.9. The molecule has 0 saturated carbocycles. The van der Waals surface area contributed by atoms with Gasteiger partial charge in [-0.25, -0.2) is 0 Å². The van der Waals surface area contributed by atoms with Crippen LogP contribution in [0.15, 0.2) is 12.7 Å². The maximum Gasteiger partial charge on any atom is 0.190 e. The van der Waals surface area contributed by atoms with E-state index in [1.54, 1.807) is 7.11 Å². The van der Waals surface area contributed by atoms with Crippen LogP contribution >= 0.6 is 0 Å². The van der Waals surface area contributed by atoms with Gasteiger partial charge in [-0.2, -0.15) is 0 Å². The molecule has 0 saturated heterocycles. The van der Waals surface area contributed by atoms with Crippen molar-refractivity contribution < 1.29 is 9.16 Å². The Kier molecular flexibility index (Phi) is 5.46. The third kappa shape index (κ3) is 6.28. The maximum absolute atomic E-state index is 5.65. The zero-order chi connectivity index (χ0) is 8.74. The Morgan fingerprint density at radius 2 is 2.00 bits per heavy atom. The minimum absolute atomic E-state index is 0.688. The Morgan fingerprint density at radius 3 is 2.45 bits per heavy atom. The van der Waals surface area contributed by atoms with Gasteiger partial charge in [0, 0.05) is 7.11 Å². The topological polar surface area (TPSA) is 18.5 Å². The maximum atomic E-state index is 5.65. The number of methoxy groups -OCH3 is 1. The van der Waals surface area contributed by atoms with Crippen molar-refractivity contribution in [2.75, 3.05) is 20.3 Å². The lowest BCUT2D eigenvalue weighted by Crippen LogP contribution is -2.30. The second-order valence-electron chi connectivity index (χ2n) is 3.09. The van der Waals surface area contributed by atoms with Gasteiger partial charge in [-0.05, 0) is 19.1 Å². The molecule has 0 N–H and O–H groups in total. The molecule has 0 fully saturated rings. The van der Waals surface area contributed by atoms with Gasteiger partial charge < -0.3 is 9.16 Å². The van der Waals surface area contributed by atoms with E-state index in [0.717, 1.165) is 6.04 Å². The Labute approximate surface area is 70.3 Å². The molecule has 0 aliphatic heterocycles. The standard InChI is InChI=1S/C8H18O2Si/c1-5-8-11(3,4)10-7-6-9-2/h5H,1,6-8H2,2-4H3. The summed E-state index contributed by atoms with van der Waals surface area (Å²) in [4.78, 5) is 0. The van der Waals surface area contributed by atoms with E-state index in [0.29, 0.717) is 13.2 Å². The van der Waals surface area contributed by atoms with Gasteiger partial charge in [0.05, 0.1) is 13.2 Å². The summed E-state index contributed by atoms with van der Waals surface area (Å²) < 4.78 is 10.5. The number of hydrogen-bond acceptors (Lipinski definition) is 2. The smallest absolute Gasteiger partial charge is 0.190 e. The summed E-state index contributed by atoms with van der Waals surface area (Å²) in [5.41, 5.74) is 0. The number of hydrogen-bond donors (Lipinski definition) is 0. The van der Waals surface area contributed by atoms with E-state index in [2.05, 4.69) is 19.7 Å². The van der Waals surface area contributed by atoms with E-state index in [4.69, 9.17) is 9.16 Å². The molecule has 0 radical (unpaired) electrons. The predicted molar refractivity (Wildman–Crippen MR) is 50.3 cm³/mol. The second-order valence-corrected chi connectivity index (χ2v) is 7.31. The molecule has 0 aliphatic rings. The van der Waals surface area contributed by atoms with Crippen molar-refractivity contribution in [3.8, 4) is 0 Å². The number of allylic oxidation sites excluding steroid dienone is 1. The lowest BCUT2D eigenvalue weighted by molar-refractivity contribution is 0.143. The van der Waals surface area contributed by atoms with Gasteiger partial charge in [-0.1, -0.05) is 6.08 Å². The molecular formula is C8H18O2Si. The predicted octanol–water partition coefficient (Wildman–Crippen LogP) is 2.04. The molecule has 0 amide bonds. The summed E-state index contributed by atoms with van der Waals surface area (Å²) in [5.74, 6) is 0. The van der Waals surface area contributed by atoms with Crippen molar-refractivity contribution in [1.29, 1.82) is 0 Å². The Bertz CT molecular complexity index is 113. The molecule has 2 nitrogen and oxygen atoms in total. The quantitative estimate of drug-likeness (QED) is 0.348. The van der Waals surface area contributed by atoms with Crippen LogP contribution in [0.2, 0.25) is 19.1 Å². The second kappa shape index (κ2) is 5.52. The summed E-state index contributed by atoms with van der Waals surface area (Å²) in [6.45, 7) is 9.47. The zero-order valence-corrected chi connectivity index (χ0v) is 8.72. The van der Waals surface area contributed by atoms with Gasteiger partial charge in [0.15, 0.2) is 8.32 Å². The highest BCUT2D eigenvalue weighted by Crippen LogP contribution is 2.10. The molecule has 0 aromatic carbocycles. The molecule has 0 unspecified atom stereocenters. The van der Waals surface area contributed by atoms with Crippen LogP contribution in [-0.4, -0.2) is 28.6 Å². The van der Waals surface area contributed by atoms with Crippen molar-refractivity contribution >= 4 is 8.32 Å². The van der Waals surface area contributed by atoms with Crippen LogP contribution in [0.3, 0.4) is 0 Å². The third-order valence-electron chi connectivity index (χ3n) is 1.42. The lowest BCUT2D eigenvalue weighted by Gasteiger charge is -2.20. The molecule has 0 atom stereocenters. The Balaban J connectivity index is 3.45. The van der Waals surface area contributed by atoms with Crippen molar-refractivity contribution in [2.45, 2.75) is 19.1 Å². The van der Waals surface area contributed by atoms with Crippen molar-refractivity contribution in [3.05, 3.63) is 12.7 Å². The highest BCUT2D eigenvalue weighted by molar-refractivity contribution is 6.71. The van der Waals surface area contributed by atoms with E-state index < -0.39 is 8.32 Å². The molecule has 0 rings (SSSR count). The van der Waals surface area contributed by atoms with E-state index in [1.807, 2.05) is 6.08 Å². The molecule has 3 heteroatoms. The van der Waals surface area contributed by atoms with E-state index >= 15 is 0 Å². The fourth-order valence-corrected chi connectivity index (χ4v) is 2.26. The van der Waals surface area contributed by atoms with Crippen LogP contribution < -0.4 is 0 Å². The molecule has 66 valence electrons. The summed E-state index contributed by atoms with van der Waals surface area (Å²) in [5, 5.41) is 0. The lowest BCUT2D eigenvalue weighted by atomic mass is 10.8. The van der Waals surface area contributed by atoms with Crippen molar-refractivity contribution in [1.82, 2.24) is 0 Å². The van der Waals surface area contributed by atoms with E-state index in [9.17, 15) is 0 Å². The van der Waals surface area contributed by atoms with E-state index in [1.165, 1.54) is 0 Å². The molecule has 0 aromatic heterocycles. The molecule has 0 spiro atoms. The summed E-state index contributed by atoms with van der Waals surface area (Å²) >= 11 is 0. The third-order valence-corrected chi connectivity index (χ3v) is 3.67. The van der Waals surface area contributed by atoms with Gasteiger partial charge >= 0.3 is 0 Å². The van der Waals surface area contributed by atoms with Gasteiger partial charge in [-0.3, -0.25) is 0 Å². The van der Waals surface area contributed by atoms with Crippen molar-refractivity contribution in [3.63, 3.8) is 0 Å². The summed E-state index contributed by atoms with van der Waals surface area (Å²) in [6.07, 6.45) is 1.93. The zero-order valence-electron chi connectivity index (χ0n) is 7.72. The van der Waals surface area contributed by atoms with Gasteiger partial charge in [-0.15, -0.1) is 6.58 Å². The normalized spacial score (nSPS) is 11.5. The highest BCUT2D eigenvalue weighted by Gasteiger charge is 2.19. The van der Waals surface area contributed by atoms with Gasteiger partial charge in [0.25, 0.3) is 0 Å². The van der Waals surface area contributed by atoms with E-state index in [-0.39, 0.29) is 0 Å². The monoisotopic (exact) mass is 174 g/mol. The van der Waals surface area contributed by atoms with Crippen LogP contribution in [-0.2, 0) is 9.16 Å². The van der Waals surface area contributed by atoms with Crippen LogP contribution in [0, 0.1) is 0 Å². The average Bonchev–Trinajstić information content (AvgIpc) is 1.87. The fourth-order valence-electron chi connectivity index (χ4n) is 0.808. The SMILES string of the molecule is C=CC[Si](C)(C)OCCOC. The van der Waals surface area contributed by atoms with Gasteiger partial charge in [0.2, 0.25) is 0 Å².